The molecule has 1 saturated heterocycles. The molecule has 0 unspecified atom stereocenters. The van der Waals surface area contributed by atoms with Crippen molar-refractivity contribution >= 4 is 16.9 Å². The Morgan fingerprint density at radius 2 is 1.94 bits per heavy atom. The summed E-state index contributed by atoms with van der Waals surface area (Å²) in [7, 11) is 0. The van der Waals surface area contributed by atoms with Gasteiger partial charge in [-0.3, -0.25) is 0 Å². The molecule has 33 heavy (non-hydrogen) atoms. The van der Waals surface area contributed by atoms with Gasteiger partial charge in [-0.2, -0.15) is 0 Å². The molecule has 0 aliphatic carbocycles. The Kier molecular flexibility index (Phi) is 7.98. The number of aryl methyl sites for hydroxylation is 1. The maximum absolute atomic E-state index is 6.44. The Bertz CT molecular complexity index is 1120. The van der Waals surface area contributed by atoms with E-state index in [1.54, 1.807) is 0 Å². The standard InChI is InChI=1S/C27H35N5O/c1-3-4-15-24-29-25-23(14-9-6-10-16-31-17-11-18-31)21(2)32(26(25)27(28)30-24)20-33-19-22-12-7-5-8-13-22/h5,7-8,12-13H,3-4,6,10-11,15-20H2,1-2H3,(H2,28,29,30). The molecule has 0 saturated carbocycles. The summed E-state index contributed by atoms with van der Waals surface area (Å²) in [5.41, 5.74) is 11.2. The Morgan fingerprint density at radius 1 is 1.12 bits per heavy atom. The van der Waals surface area contributed by atoms with Crippen LogP contribution in [-0.4, -0.2) is 39.1 Å². The maximum atomic E-state index is 6.44. The predicted molar refractivity (Wildman–Crippen MR) is 134 cm³/mol. The molecule has 3 heterocycles. The fraction of sp³-hybridized carbons (Fsp3) is 0.481. The van der Waals surface area contributed by atoms with Crippen molar-refractivity contribution in [2.24, 2.45) is 0 Å². The number of nitrogens with zero attached hydrogens (tertiary/aromatic N) is 4. The zero-order valence-electron chi connectivity index (χ0n) is 19.9. The molecule has 4 rings (SSSR count). The monoisotopic (exact) mass is 445 g/mol. The Hall–Kier alpha value is -2.88. The van der Waals surface area contributed by atoms with E-state index in [9.17, 15) is 0 Å². The normalized spacial score (nSPS) is 13.6. The van der Waals surface area contributed by atoms with Crippen LogP contribution in [0.1, 0.15) is 61.7 Å². The first-order valence-electron chi connectivity index (χ1n) is 12.2. The average molecular weight is 446 g/mol. The molecule has 0 radical (unpaired) electrons. The lowest BCUT2D eigenvalue weighted by molar-refractivity contribution is 0.0657. The van der Waals surface area contributed by atoms with Crippen molar-refractivity contribution in [1.82, 2.24) is 19.4 Å². The van der Waals surface area contributed by atoms with E-state index in [1.807, 2.05) is 18.2 Å². The van der Waals surface area contributed by atoms with Crippen LogP contribution in [-0.2, 0) is 24.5 Å². The smallest absolute Gasteiger partial charge is 0.151 e. The highest BCUT2D eigenvalue weighted by Crippen LogP contribution is 2.28. The number of fused-ring (bicyclic) bond motifs is 1. The highest BCUT2D eigenvalue weighted by molar-refractivity contribution is 5.91. The van der Waals surface area contributed by atoms with Crippen LogP contribution >= 0.6 is 0 Å². The Morgan fingerprint density at radius 3 is 2.67 bits per heavy atom. The van der Waals surface area contributed by atoms with Crippen LogP contribution in [0.5, 0.6) is 0 Å². The first kappa shape index (κ1) is 23.3. The lowest BCUT2D eigenvalue weighted by atomic mass is 10.1. The second kappa shape index (κ2) is 11.3. The van der Waals surface area contributed by atoms with Crippen LogP contribution in [0.3, 0.4) is 0 Å². The van der Waals surface area contributed by atoms with Crippen LogP contribution in [0.25, 0.3) is 11.0 Å². The molecule has 1 fully saturated rings. The summed E-state index contributed by atoms with van der Waals surface area (Å²) in [6, 6.07) is 10.2. The van der Waals surface area contributed by atoms with Crippen molar-refractivity contribution in [3.8, 4) is 11.8 Å². The lowest BCUT2D eigenvalue weighted by Gasteiger charge is -2.30. The van der Waals surface area contributed by atoms with Crippen molar-refractivity contribution in [3.63, 3.8) is 0 Å². The van der Waals surface area contributed by atoms with E-state index < -0.39 is 0 Å². The van der Waals surface area contributed by atoms with Crippen molar-refractivity contribution in [3.05, 3.63) is 53.0 Å². The van der Waals surface area contributed by atoms with E-state index in [2.05, 4.69) is 52.3 Å². The topological polar surface area (TPSA) is 69.2 Å². The summed E-state index contributed by atoms with van der Waals surface area (Å²) in [4.78, 5) is 12.0. The molecular weight excluding hydrogens is 410 g/mol. The SMILES string of the molecule is CCCCc1nc(N)c2c(n1)c(C#CCCCN1CCC1)c(C)n2COCc1ccccc1. The van der Waals surface area contributed by atoms with Gasteiger partial charge in [-0.05, 0) is 51.4 Å². The summed E-state index contributed by atoms with van der Waals surface area (Å²) in [5, 5.41) is 0. The van der Waals surface area contributed by atoms with Gasteiger partial charge < -0.3 is 19.9 Å². The van der Waals surface area contributed by atoms with Gasteiger partial charge in [-0.1, -0.05) is 55.5 Å². The second-order valence-corrected chi connectivity index (χ2v) is 8.78. The van der Waals surface area contributed by atoms with E-state index in [1.165, 1.54) is 19.5 Å². The zero-order chi connectivity index (χ0) is 23.0. The zero-order valence-corrected chi connectivity index (χ0v) is 19.9. The fourth-order valence-electron chi connectivity index (χ4n) is 4.17. The van der Waals surface area contributed by atoms with Gasteiger partial charge in [-0.15, -0.1) is 0 Å². The number of unbranched alkanes of at least 4 members (excludes halogenated alkanes) is 2. The molecule has 6 heteroatoms. The number of hydrogen-bond donors (Lipinski definition) is 1. The quantitative estimate of drug-likeness (QED) is 0.363. The number of likely N-dealkylation sites (tertiary alicyclic amines) is 1. The Balaban J connectivity index is 1.58. The molecule has 1 aromatic carbocycles. The molecule has 0 amide bonds. The van der Waals surface area contributed by atoms with Crippen molar-refractivity contribution in [1.29, 1.82) is 0 Å². The lowest BCUT2D eigenvalue weighted by Crippen LogP contribution is -2.37. The number of hydrogen-bond acceptors (Lipinski definition) is 5. The number of aromatic nitrogens is 3. The third-order valence-corrected chi connectivity index (χ3v) is 6.25. The van der Waals surface area contributed by atoms with Crippen molar-refractivity contribution < 1.29 is 4.74 Å². The minimum absolute atomic E-state index is 0.385. The van der Waals surface area contributed by atoms with Gasteiger partial charge in [0.1, 0.15) is 23.6 Å². The molecular formula is C27H35N5O. The third-order valence-electron chi connectivity index (χ3n) is 6.25. The minimum atomic E-state index is 0.385. The fourth-order valence-corrected chi connectivity index (χ4v) is 4.17. The highest BCUT2D eigenvalue weighted by Gasteiger charge is 2.19. The number of nitrogen functional groups attached to an aromatic ring is 1. The van der Waals surface area contributed by atoms with Crippen LogP contribution in [0.4, 0.5) is 5.82 Å². The van der Waals surface area contributed by atoms with Gasteiger partial charge >= 0.3 is 0 Å². The molecule has 0 bridgehead atoms. The number of ether oxygens (including phenoxy) is 1. The average Bonchev–Trinajstić information content (AvgIpc) is 3.05. The van der Waals surface area contributed by atoms with Crippen LogP contribution < -0.4 is 5.73 Å². The summed E-state index contributed by atoms with van der Waals surface area (Å²) in [5.74, 6) is 8.10. The van der Waals surface area contributed by atoms with E-state index in [0.717, 1.165) is 72.3 Å². The van der Waals surface area contributed by atoms with E-state index in [0.29, 0.717) is 19.2 Å². The number of nitrogens with two attached hydrogens (primary N) is 1. The van der Waals surface area contributed by atoms with Crippen LogP contribution in [0.2, 0.25) is 0 Å². The summed E-state index contributed by atoms with van der Waals surface area (Å²) < 4.78 is 8.12. The number of rotatable bonds is 10. The van der Waals surface area contributed by atoms with Crippen molar-refractivity contribution in [2.45, 2.75) is 65.7 Å². The predicted octanol–water partition coefficient (Wildman–Crippen LogP) is 4.68. The summed E-state index contributed by atoms with van der Waals surface area (Å²) >= 11 is 0. The van der Waals surface area contributed by atoms with Gasteiger partial charge in [0.05, 0.1) is 12.2 Å². The second-order valence-electron chi connectivity index (χ2n) is 8.78. The van der Waals surface area contributed by atoms with E-state index in [4.69, 9.17) is 15.5 Å². The largest absolute Gasteiger partial charge is 0.382 e. The van der Waals surface area contributed by atoms with Gasteiger partial charge in [0, 0.05) is 18.5 Å². The van der Waals surface area contributed by atoms with E-state index >= 15 is 0 Å². The number of anilines is 1. The summed E-state index contributed by atoms with van der Waals surface area (Å²) in [6.07, 6.45) is 6.28. The molecule has 2 aromatic heterocycles. The van der Waals surface area contributed by atoms with Gasteiger partial charge in [0.2, 0.25) is 0 Å². The molecule has 3 aromatic rings. The van der Waals surface area contributed by atoms with Crippen molar-refractivity contribution in [2.75, 3.05) is 25.4 Å². The van der Waals surface area contributed by atoms with Gasteiger partial charge in [0.25, 0.3) is 0 Å². The van der Waals surface area contributed by atoms with E-state index in [-0.39, 0.29) is 0 Å². The third kappa shape index (κ3) is 5.73. The molecule has 1 aliphatic heterocycles. The maximum Gasteiger partial charge on any atom is 0.151 e. The highest BCUT2D eigenvalue weighted by atomic mass is 16.5. The molecule has 0 atom stereocenters. The first-order chi connectivity index (χ1) is 16.2. The van der Waals surface area contributed by atoms with Crippen LogP contribution in [0.15, 0.2) is 30.3 Å². The molecule has 6 nitrogen and oxygen atoms in total. The minimum Gasteiger partial charge on any atom is -0.382 e. The van der Waals surface area contributed by atoms with Gasteiger partial charge in [0.15, 0.2) is 5.82 Å². The number of benzene rings is 1. The van der Waals surface area contributed by atoms with Crippen LogP contribution in [0, 0.1) is 18.8 Å². The van der Waals surface area contributed by atoms with Gasteiger partial charge in [-0.25, -0.2) is 9.97 Å². The summed E-state index contributed by atoms with van der Waals surface area (Å²) in [6.45, 7) is 8.77. The molecule has 1 aliphatic rings. The molecule has 2 N–H and O–H groups in total. The molecule has 0 spiro atoms. The molecule has 174 valence electrons. The Labute approximate surface area is 197 Å². The first-order valence-corrected chi connectivity index (χ1v) is 12.2.